The second-order valence-electron chi connectivity index (χ2n) is 11.3. The number of ether oxygens (including phenoxy) is 1. The summed E-state index contributed by atoms with van der Waals surface area (Å²) in [7, 11) is 0. The van der Waals surface area contributed by atoms with E-state index in [1.807, 2.05) is 31.2 Å². The van der Waals surface area contributed by atoms with Gasteiger partial charge >= 0.3 is 12.1 Å². The second-order valence-corrected chi connectivity index (χ2v) is 12.1. The topological polar surface area (TPSA) is 121 Å². The van der Waals surface area contributed by atoms with Gasteiger partial charge in [-0.25, -0.2) is 14.6 Å². The van der Waals surface area contributed by atoms with Crippen molar-refractivity contribution < 1.29 is 23.9 Å². The Morgan fingerprint density at radius 2 is 2.03 bits per heavy atom. The lowest BCUT2D eigenvalue weighted by molar-refractivity contribution is -0.141. The van der Waals surface area contributed by atoms with Gasteiger partial charge in [0, 0.05) is 11.4 Å². The van der Waals surface area contributed by atoms with E-state index in [2.05, 4.69) is 15.6 Å². The Hall–Kier alpha value is -3.47. The first kappa shape index (κ1) is 26.1. The van der Waals surface area contributed by atoms with Gasteiger partial charge in [-0.2, -0.15) is 0 Å². The van der Waals surface area contributed by atoms with Crippen molar-refractivity contribution in [1.29, 1.82) is 0 Å². The maximum absolute atomic E-state index is 13.6. The first-order valence-corrected chi connectivity index (χ1v) is 13.8. The van der Waals surface area contributed by atoms with Crippen LogP contribution >= 0.6 is 11.3 Å². The molecule has 5 rings (SSSR count). The number of aryl methyl sites for hydroxylation is 1. The number of benzene rings is 1. The van der Waals surface area contributed by atoms with Gasteiger partial charge in [0.05, 0.1) is 12.2 Å². The van der Waals surface area contributed by atoms with E-state index in [1.54, 1.807) is 31.1 Å². The van der Waals surface area contributed by atoms with Crippen molar-refractivity contribution in [2.75, 3.05) is 11.9 Å². The third-order valence-corrected chi connectivity index (χ3v) is 8.13. The number of carbonyl (C=O) groups is 4. The molecule has 202 valence electrons. The number of fused-ring (bicyclic) bond motifs is 2. The zero-order valence-corrected chi connectivity index (χ0v) is 22.9. The van der Waals surface area contributed by atoms with Crippen LogP contribution in [0.2, 0.25) is 0 Å². The minimum Gasteiger partial charge on any atom is -0.444 e. The summed E-state index contributed by atoms with van der Waals surface area (Å²) in [5.74, 6) is -0.323. The summed E-state index contributed by atoms with van der Waals surface area (Å²) >= 11 is 1.24. The third-order valence-electron chi connectivity index (χ3n) is 7.32. The Kier molecular flexibility index (Phi) is 6.66. The lowest BCUT2D eigenvalue weighted by Gasteiger charge is -2.30. The average Bonchev–Trinajstić information content (AvgIpc) is 3.44. The summed E-state index contributed by atoms with van der Waals surface area (Å²) in [6, 6.07) is 7.00. The number of nitrogens with one attached hydrogen (secondary N) is 2. The van der Waals surface area contributed by atoms with Gasteiger partial charge < -0.3 is 15.0 Å². The summed E-state index contributed by atoms with van der Waals surface area (Å²) in [6.07, 6.45) is 2.63. The number of imide groups is 1. The molecule has 2 fully saturated rings. The van der Waals surface area contributed by atoms with Gasteiger partial charge in [0.1, 0.15) is 17.7 Å². The minimum atomic E-state index is -1.10. The number of nitrogens with zero attached hydrogens (tertiary/aromatic N) is 3. The molecule has 10 nitrogen and oxygen atoms in total. The van der Waals surface area contributed by atoms with Crippen LogP contribution in [0.4, 0.5) is 14.7 Å². The van der Waals surface area contributed by atoms with Gasteiger partial charge in [-0.05, 0) is 70.4 Å². The number of carbonyl (C=O) groups excluding carboxylic acids is 4. The number of rotatable bonds is 7. The predicted octanol–water partition coefficient (Wildman–Crippen LogP) is 4.01. The normalized spacial score (nSPS) is 21.3. The Bertz CT molecular complexity index is 1280. The van der Waals surface area contributed by atoms with Crippen molar-refractivity contribution in [2.45, 2.75) is 77.1 Å². The number of thiazole rings is 1. The summed E-state index contributed by atoms with van der Waals surface area (Å²) in [5, 5.41) is 7.67. The van der Waals surface area contributed by atoms with Gasteiger partial charge in [0.2, 0.25) is 5.91 Å². The van der Waals surface area contributed by atoms with Crippen LogP contribution in [0.5, 0.6) is 0 Å². The van der Waals surface area contributed by atoms with E-state index in [9.17, 15) is 19.2 Å². The van der Waals surface area contributed by atoms with Crippen LogP contribution in [0.15, 0.2) is 29.6 Å². The fraction of sp³-hybridized carbons (Fsp3) is 0.519. The molecule has 1 unspecified atom stereocenters. The van der Waals surface area contributed by atoms with Gasteiger partial charge in [-0.1, -0.05) is 24.3 Å². The van der Waals surface area contributed by atoms with Gasteiger partial charge in [-0.15, -0.1) is 11.3 Å². The first-order valence-electron chi connectivity index (χ1n) is 12.9. The smallest absolute Gasteiger partial charge is 0.413 e. The van der Waals surface area contributed by atoms with E-state index in [0.717, 1.165) is 28.9 Å². The average molecular weight is 540 g/mol. The lowest BCUT2D eigenvalue weighted by atomic mass is 9.92. The van der Waals surface area contributed by atoms with E-state index >= 15 is 0 Å². The molecular weight excluding hydrogens is 506 g/mol. The zero-order valence-electron chi connectivity index (χ0n) is 22.1. The van der Waals surface area contributed by atoms with Crippen LogP contribution in [-0.2, 0) is 32.8 Å². The molecular formula is C27H33N5O5S. The summed E-state index contributed by atoms with van der Waals surface area (Å²) in [6.45, 7) is 7.20. The lowest BCUT2D eigenvalue weighted by Crippen LogP contribution is -2.47. The highest BCUT2D eigenvalue weighted by Gasteiger charge is 2.55. The van der Waals surface area contributed by atoms with Gasteiger partial charge in [0.15, 0.2) is 5.13 Å². The summed E-state index contributed by atoms with van der Waals surface area (Å²) in [4.78, 5) is 59.4. The maximum Gasteiger partial charge on any atom is 0.413 e. The number of urea groups is 1. The predicted molar refractivity (Wildman–Crippen MR) is 141 cm³/mol. The SMILES string of the molecule is C[C@@H](C1CC1)N(Cc1csc(NC(=O)OC(C)(C)C)n1)C(=O)CN1C(=O)NC2(CCc3ccccc32)C1=O. The van der Waals surface area contributed by atoms with Crippen LogP contribution in [-0.4, -0.2) is 56.9 Å². The highest BCUT2D eigenvalue weighted by Crippen LogP contribution is 2.41. The van der Waals surface area contributed by atoms with Crippen molar-refractivity contribution in [3.8, 4) is 0 Å². The zero-order chi connectivity index (χ0) is 27.2. The maximum atomic E-state index is 13.6. The molecule has 1 spiro atoms. The van der Waals surface area contributed by atoms with Crippen molar-refractivity contribution in [3.63, 3.8) is 0 Å². The minimum absolute atomic E-state index is 0.0756. The Balaban J connectivity index is 1.29. The highest BCUT2D eigenvalue weighted by atomic mass is 32.1. The second kappa shape index (κ2) is 9.68. The quantitative estimate of drug-likeness (QED) is 0.513. The van der Waals surface area contributed by atoms with Crippen LogP contribution in [0, 0.1) is 5.92 Å². The van der Waals surface area contributed by atoms with Crippen molar-refractivity contribution >= 4 is 40.4 Å². The van der Waals surface area contributed by atoms with E-state index in [4.69, 9.17) is 4.74 Å². The van der Waals surface area contributed by atoms with Crippen LogP contribution in [0.25, 0.3) is 0 Å². The van der Waals surface area contributed by atoms with Crippen LogP contribution < -0.4 is 10.6 Å². The van der Waals surface area contributed by atoms with Gasteiger partial charge in [0.25, 0.3) is 5.91 Å². The molecule has 1 aromatic heterocycles. The molecule has 1 aliphatic heterocycles. The van der Waals surface area contributed by atoms with Gasteiger partial charge in [-0.3, -0.25) is 19.8 Å². The third kappa shape index (κ3) is 5.11. The molecule has 1 saturated carbocycles. The highest BCUT2D eigenvalue weighted by molar-refractivity contribution is 7.13. The first-order chi connectivity index (χ1) is 18.0. The Labute approximate surface area is 225 Å². The summed E-state index contributed by atoms with van der Waals surface area (Å²) < 4.78 is 5.28. The molecule has 1 aromatic carbocycles. The van der Waals surface area contributed by atoms with E-state index in [-0.39, 0.29) is 30.9 Å². The van der Waals surface area contributed by atoms with Crippen molar-refractivity contribution in [1.82, 2.24) is 20.1 Å². The molecule has 2 aromatic rings. The molecule has 5 amide bonds. The number of hydrogen-bond donors (Lipinski definition) is 2. The monoisotopic (exact) mass is 539 g/mol. The summed E-state index contributed by atoms with van der Waals surface area (Å²) in [5.41, 5.74) is 0.728. The van der Waals surface area contributed by atoms with E-state index < -0.39 is 23.3 Å². The molecule has 2 aliphatic carbocycles. The molecule has 0 bridgehead atoms. The molecule has 3 aliphatic rings. The fourth-order valence-corrected chi connectivity index (χ4v) is 5.94. The molecule has 2 heterocycles. The van der Waals surface area contributed by atoms with E-state index in [1.165, 1.54) is 11.3 Å². The van der Waals surface area contributed by atoms with Crippen molar-refractivity contribution in [3.05, 3.63) is 46.5 Å². The van der Waals surface area contributed by atoms with Crippen LogP contribution in [0.3, 0.4) is 0 Å². The molecule has 1 saturated heterocycles. The van der Waals surface area contributed by atoms with Crippen molar-refractivity contribution in [2.24, 2.45) is 5.92 Å². The fourth-order valence-electron chi connectivity index (χ4n) is 5.25. The number of anilines is 1. The standard InChI is InChI=1S/C27H33N5O5S/c1-16(17-9-10-17)31(13-19-15-38-23(28-19)29-25(36)37-26(2,3)4)21(33)14-32-22(34)27(30-24(32)35)12-11-18-7-5-6-8-20(18)27/h5-8,15-17H,9-14H2,1-4H3,(H,30,35)(H,28,29,36)/t16-,27?/m0/s1. The molecule has 2 atom stereocenters. The number of aromatic nitrogens is 1. The molecule has 0 radical (unpaired) electrons. The Morgan fingerprint density at radius 3 is 2.74 bits per heavy atom. The van der Waals surface area contributed by atoms with E-state index in [0.29, 0.717) is 29.6 Å². The Morgan fingerprint density at radius 1 is 1.29 bits per heavy atom. The molecule has 11 heteroatoms. The number of hydrogen-bond acceptors (Lipinski definition) is 7. The molecule has 38 heavy (non-hydrogen) atoms. The molecule has 2 N–H and O–H groups in total. The largest absolute Gasteiger partial charge is 0.444 e. The van der Waals surface area contributed by atoms with Crippen LogP contribution in [0.1, 0.15) is 63.8 Å². The number of amides is 5.